The van der Waals surface area contributed by atoms with E-state index in [1.54, 1.807) is 25.5 Å². The zero-order valence-electron chi connectivity index (χ0n) is 23.3. The second-order valence-corrected chi connectivity index (χ2v) is 10.0. The number of hydrogen-bond donors (Lipinski definition) is 0. The summed E-state index contributed by atoms with van der Waals surface area (Å²) in [5.41, 5.74) is 6.46. The van der Waals surface area contributed by atoms with Crippen molar-refractivity contribution in [2.45, 2.75) is 46.6 Å². The van der Waals surface area contributed by atoms with Crippen molar-refractivity contribution in [1.29, 1.82) is 0 Å². The van der Waals surface area contributed by atoms with Gasteiger partial charge in [-0.25, -0.2) is 9.59 Å². The molecule has 3 aromatic rings. The van der Waals surface area contributed by atoms with E-state index in [0.29, 0.717) is 23.8 Å². The number of aryl methyl sites for hydroxylation is 2. The van der Waals surface area contributed by atoms with Gasteiger partial charge in [-0.2, -0.15) is 0 Å². The van der Waals surface area contributed by atoms with Crippen LogP contribution in [0.4, 0.5) is 5.69 Å². The van der Waals surface area contributed by atoms with Crippen LogP contribution in [0.1, 0.15) is 69.3 Å². The molecule has 0 bridgehead atoms. The summed E-state index contributed by atoms with van der Waals surface area (Å²) in [6.45, 7) is 11.3. The molecule has 3 rings (SSSR count). The van der Waals surface area contributed by atoms with E-state index >= 15 is 0 Å². The Hall–Kier alpha value is -4.13. The Bertz CT molecular complexity index is 1310. The minimum absolute atomic E-state index is 0.0804. The number of rotatable bonds is 8. The minimum atomic E-state index is -0.575. The van der Waals surface area contributed by atoms with Gasteiger partial charge in [-0.1, -0.05) is 32.9 Å². The summed E-state index contributed by atoms with van der Waals surface area (Å²) < 4.78 is 21.3. The van der Waals surface area contributed by atoms with Gasteiger partial charge in [0.15, 0.2) is 11.5 Å². The number of methoxy groups -OCH3 is 3. The Morgan fingerprint density at radius 2 is 1.39 bits per heavy atom. The molecule has 7 heteroatoms. The summed E-state index contributed by atoms with van der Waals surface area (Å²) in [6, 6.07) is 14.4. The van der Waals surface area contributed by atoms with Crippen LogP contribution in [0.3, 0.4) is 0 Å². The van der Waals surface area contributed by atoms with Crippen LogP contribution < -0.4 is 9.47 Å². The van der Waals surface area contributed by atoms with Gasteiger partial charge in [0.05, 0.1) is 38.1 Å². The first-order valence-corrected chi connectivity index (χ1v) is 12.2. The summed E-state index contributed by atoms with van der Waals surface area (Å²) in [4.78, 5) is 28.5. The smallest absolute Gasteiger partial charge is 0.337 e. The lowest BCUT2D eigenvalue weighted by molar-refractivity contribution is 0.0599. The number of esters is 2. The van der Waals surface area contributed by atoms with Crippen molar-refractivity contribution in [1.82, 2.24) is 0 Å². The zero-order valence-corrected chi connectivity index (χ0v) is 23.3. The average Bonchev–Trinajstić information content (AvgIpc) is 2.89. The Morgan fingerprint density at radius 3 is 1.89 bits per heavy atom. The molecule has 0 atom stereocenters. The fourth-order valence-corrected chi connectivity index (χ4v) is 3.99. The van der Waals surface area contributed by atoms with E-state index in [-0.39, 0.29) is 16.5 Å². The van der Waals surface area contributed by atoms with Gasteiger partial charge in [-0.15, -0.1) is 0 Å². The van der Waals surface area contributed by atoms with Gasteiger partial charge in [0, 0.05) is 6.21 Å². The second-order valence-electron chi connectivity index (χ2n) is 10.0. The first-order valence-electron chi connectivity index (χ1n) is 12.2. The number of nitrogens with zero attached hydrogens (tertiary/aromatic N) is 1. The molecule has 0 aromatic heterocycles. The van der Waals surface area contributed by atoms with E-state index in [9.17, 15) is 9.59 Å². The minimum Gasteiger partial charge on any atom is -0.493 e. The molecule has 0 heterocycles. The maximum atomic E-state index is 12.0. The van der Waals surface area contributed by atoms with Crippen LogP contribution in [0.5, 0.6) is 11.5 Å². The van der Waals surface area contributed by atoms with Crippen LogP contribution in [0.2, 0.25) is 0 Å². The van der Waals surface area contributed by atoms with Gasteiger partial charge in [0.25, 0.3) is 0 Å². The number of benzene rings is 3. The monoisotopic (exact) mass is 517 g/mol. The molecule has 0 saturated heterocycles. The number of carbonyl (C=O) groups is 2. The molecule has 0 aliphatic heterocycles. The van der Waals surface area contributed by atoms with Crippen LogP contribution in [0.15, 0.2) is 53.5 Å². The maximum Gasteiger partial charge on any atom is 0.337 e. The van der Waals surface area contributed by atoms with E-state index in [2.05, 4.69) is 51.7 Å². The highest BCUT2D eigenvalue weighted by molar-refractivity contribution is 5.97. The molecule has 3 aromatic carbocycles. The van der Waals surface area contributed by atoms with Gasteiger partial charge < -0.3 is 18.9 Å². The third-order valence-corrected chi connectivity index (χ3v) is 6.24. The molecule has 38 heavy (non-hydrogen) atoms. The highest BCUT2D eigenvalue weighted by atomic mass is 16.5. The zero-order chi connectivity index (χ0) is 28.0. The molecule has 200 valence electrons. The second kappa shape index (κ2) is 11.9. The average molecular weight is 518 g/mol. The van der Waals surface area contributed by atoms with E-state index in [1.807, 2.05) is 18.2 Å². The lowest BCUT2D eigenvalue weighted by Crippen LogP contribution is -2.13. The van der Waals surface area contributed by atoms with Crippen molar-refractivity contribution in [3.05, 3.63) is 87.5 Å². The van der Waals surface area contributed by atoms with E-state index in [4.69, 9.17) is 18.9 Å². The summed E-state index contributed by atoms with van der Waals surface area (Å²) in [5.74, 6) is 0.0286. The predicted molar refractivity (Wildman–Crippen MR) is 148 cm³/mol. The van der Waals surface area contributed by atoms with Crippen LogP contribution in [0, 0.1) is 13.8 Å². The summed E-state index contributed by atoms with van der Waals surface area (Å²) >= 11 is 0. The van der Waals surface area contributed by atoms with Crippen LogP contribution in [0.25, 0.3) is 0 Å². The molecule has 0 fully saturated rings. The van der Waals surface area contributed by atoms with Gasteiger partial charge in [0.2, 0.25) is 0 Å². The number of carbonyl (C=O) groups excluding carboxylic acids is 2. The molecule has 0 aliphatic rings. The van der Waals surface area contributed by atoms with Crippen molar-refractivity contribution >= 4 is 23.8 Å². The molecule has 0 saturated carbocycles. The predicted octanol–water partition coefficient (Wildman–Crippen LogP) is 6.51. The quantitative estimate of drug-likeness (QED) is 0.250. The van der Waals surface area contributed by atoms with Crippen molar-refractivity contribution in [2.75, 3.05) is 21.3 Å². The Morgan fingerprint density at radius 1 is 0.816 bits per heavy atom. The van der Waals surface area contributed by atoms with E-state index in [1.165, 1.54) is 37.0 Å². The first-order chi connectivity index (χ1) is 18.0. The first kappa shape index (κ1) is 28.4. The fourth-order valence-electron chi connectivity index (χ4n) is 3.99. The molecular weight excluding hydrogens is 482 g/mol. The molecule has 0 radical (unpaired) electrons. The maximum absolute atomic E-state index is 12.0. The van der Waals surface area contributed by atoms with Crippen LogP contribution in [-0.2, 0) is 21.5 Å². The Kier molecular flexibility index (Phi) is 8.94. The topological polar surface area (TPSA) is 83.4 Å². The summed E-state index contributed by atoms with van der Waals surface area (Å²) in [7, 11) is 4.13. The molecule has 0 spiro atoms. The van der Waals surface area contributed by atoms with Crippen molar-refractivity contribution in [3.8, 4) is 11.5 Å². The standard InChI is InChI=1S/C31H35NO6/c1-19-11-24(31(3,4)5)12-20(2)26(19)18-38-27-10-9-21(13-28(27)35-6)17-32-25-15-22(29(33)36-7)14-23(16-25)30(34)37-8/h9-17H,18H2,1-8H3. The highest BCUT2D eigenvalue weighted by Crippen LogP contribution is 2.31. The highest BCUT2D eigenvalue weighted by Gasteiger charge is 2.17. The molecule has 0 aliphatic carbocycles. The Labute approximate surface area is 224 Å². The van der Waals surface area contributed by atoms with E-state index < -0.39 is 11.9 Å². The van der Waals surface area contributed by atoms with Gasteiger partial charge in [-0.3, -0.25) is 4.99 Å². The van der Waals surface area contributed by atoms with Crippen LogP contribution >= 0.6 is 0 Å². The van der Waals surface area contributed by atoms with Gasteiger partial charge in [0.1, 0.15) is 6.61 Å². The largest absolute Gasteiger partial charge is 0.493 e. The SMILES string of the molecule is COC(=O)c1cc(N=Cc2ccc(OCc3c(C)cc(C(C)(C)C)cc3C)c(OC)c2)cc(C(=O)OC)c1. The molecular formula is C31H35NO6. The van der Waals surface area contributed by atoms with Crippen LogP contribution in [-0.4, -0.2) is 39.5 Å². The lowest BCUT2D eigenvalue weighted by atomic mass is 9.84. The number of ether oxygens (including phenoxy) is 4. The normalized spacial score (nSPS) is 11.4. The van der Waals surface area contributed by atoms with Gasteiger partial charge >= 0.3 is 11.9 Å². The van der Waals surface area contributed by atoms with Gasteiger partial charge in [-0.05, 0) is 83.5 Å². The van der Waals surface area contributed by atoms with Crippen molar-refractivity contribution < 1.29 is 28.5 Å². The summed E-state index contributed by atoms with van der Waals surface area (Å²) in [5, 5.41) is 0. The third-order valence-electron chi connectivity index (χ3n) is 6.24. The number of hydrogen-bond acceptors (Lipinski definition) is 7. The lowest BCUT2D eigenvalue weighted by Gasteiger charge is -2.22. The van der Waals surface area contributed by atoms with E-state index in [0.717, 1.165) is 11.1 Å². The molecule has 0 amide bonds. The fraction of sp³-hybridized carbons (Fsp3) is 0.323. The summed E-state index contributed by atoms with van der Waals surface area (Å²) in [6.07, 6.45) is 1.61. The van der Waals surface area contributed by atoms with Crippen molar-refractivity contribution in [2.24, 2.45) is 4.99 Å². The molecule has 0 N–H and O–H groups in total. The Balaban J connectivity index is 1.83. The molecule has 0 unspecified atom stereocenters. The van der Waals surface area contributed by atoms with Crippen molar-refractivity contribution in [3.63, 3.8) is 0 Å². The third kappa shape index (κ3) is 6.79. The molecule has 7 nitrogen and oxygen atoms in total. The number of aliphatic imine (C=N–C) groups is 1.